The molecule has 3 nitrogen and oxygen atoms in total. The molecule has 122 valence electrons. The molecule has 1 aliphatic rings. The standard InChI is InChI=1S/C19H16ClFN2O/c20-17-6-4-16(5-7-17)19(21)8-10-23(11-9-19)18(24)15-3-1-2-14(12-15)13-22/h1-7,12H,8-11H2. The van der Waals surface area contributed by atoms with E-state index in [-0.39, 0.29) is 18.7 Å². The number of carbonyl (C=O) groups excluding carboxylic acids is 1. The molecule has 0 saturated carbocycles. The van der Waals surface area contributed by atoms with Crippen LogP contribution in [0.15, 0.2) is 48.5 Å². The molecule has 1 fully saturated rings. The fourth-order valence-corrected chi connectivity index (χ4v) is 3.13. The van der Waals surface area contributed by atoms with Gasteiger partial charge in [0, 0.05) is 36.5 Å². The normalized spacial score (nSPS) is 16.5. The largest absolute Gasteiger partial charge is 0.338 e. The second-order valence-electron chi connectivity index (χ2n) is 5.96. The summed E-state index contributed by atoms with van der Waals surface area (Å²) in [6.07, 6.45) is 0.497. The number of alkyl halides is 1. The zero-order valence-electron chi connectivity index (χ0n) is 13.0. The summed E-state index contributed by atoms with van der Waals surface area (Å²) in [6, 6.07) is 15.4. The third-order valence-corrected chi connectivity index (χ3v) is 4.70. The summed E-state index contributed by atoms with van der Waals surface area (Å²) in [5.41, 5.74) is 0.0758. The van der Waals surface area contributed by atoms with Crippen molar-refractivity contribution in [3.63, 3.8) is 0 Å². The average molecular weight is 343 g/mol. The van der Waals surface area contributed by atoms with E-state index in [9.17, 15) is 4.79 Å². The maximum atomic E-state index is 15.2. The van der Waals surface area contributed by atoms with Crippen molar-refractivity contribution >= 4 is 17.5 Å². The summed E-state index contributed by atoms with van der Waals surface area (Å²) >= 11 is 5.86. The van der Waals surface area contributed by atoms with E-state index >= 15 is 4.39 Å². The molecule has 3 rings (SSSR count). The first-order valence-corrected chi connectivity index (χ1v) is 8.14. The van der Waals surface area contributed by atoms with Crippen LogP contribution in [0.4, 0.5) is 4.39 Å². The third-order valence-electron chi connectivity index (χ3n) is 4.44. The molecule has 1 amide bonds. The van der Waals surface area contributed by atoms with Gasteiger partial charge in [0.1, 0.15) is 5.67 Å². The van der Waals surface area contributed by atoms with Crippen LogP contribution in [0.5, 0.6) is 0 Å². The molecule has 1 heterocycles. The van der Waals surface area contributed by atoms with Crippen LogP contribution in [0.2, 0.25) is 5.02 Å². The lowest BCUT2D eigenvalue weighted by atomic mass is 9.86. The minimum atomic E-state index is -1.43. The topological polar surface area (TPSA) is 44.1 Å². The molecule has 2 aromatic rings. The van der Waals surface area contributed by atoms with Gasteiger partial charge in [-0.3, -0.25) is 4.79 Å². The van der Waals surface area contributed by atoms with Crippen LogP contribution in [0.25, 0.3) is 0 Å². The molecule has 1 aliphatic heterocycles. The molecule has 5 heteroatoms. The van der Waals surface area contributed by atoms with Crippen molar-refractivity contribution in [2.45, 2.75) is 18.5 Å². The minimum absolute atomic E-state index is 0.162. The Morgan fingerprint density at radius 1 is 1.17 bits per heavy atom. The molecule has 0 radical (unpaired) electrons. The lowest BCUT2D eigenvalue weighted by Gasteiger charge is -2.36. The van der Waals surface area contributed by atoms with Crippen molar-refractivity contribution in [2.75, 3.05) is 13.1 Å². The lowest BCUT2D eigenvalue weighted by molar-refractivity contribution is 0.0421. The summed E-state index contributed by atoms with van der Waals surface area (Å²) in [4.78, 5) is 14.2. The lowest BCUT2D eigenvalue weighted by Crippen LogP contribution is -2.43. The Bertz CT molecular complexity index is 790. The van der Waals surface area contributed by atoms with Gasteiger partial charge in [-0.25, -0.2) is 4.39 Å². The van der Waals surface area contributed by atoms with Crippen molar-refractivity contribution in [1.82, 2.24) is 4.90 Å². The zero-order chi connectivity index (χ0) is 17.2. The molecule has 0 spiro atoms. The van der Waals surface area contributed by atoms with Crippen LogP contribution in [0, 0.1) is 11.3 Å². The summed E-state index contributed by atoms with van der Waals surface area (Å²) in [6.45, 7) is 0.684. The van der Waals surface area contributed by atoms with E-state index in [2.05, 4.69) is 0 Å². The Hall–Kier alpha value is -2.38. The third kappa shape index (κ3) is 3.27. The first-order valence-electron chi connectivity index (χ1n) is 7.76. The van der Waals surface area contributed by atoms with E-state index in [1.165, 1.54) is 0 Å². The predicted octanol–water partition coefficient (Wildman–Crippen LogP) is 4.31. The number of hydrogen-bond acceptors (Lipinski definition) is 2. The van der Waals surface area contributed by atoms with Crippen LogP contribution >= 0.6 is 11.6 Å². The van der Waals surface area contributed by atoms with E-state index in [0.717, 1.165) is 0 Å². The highest BCUT2D eigenvalue weighted by Crippen LogP contribution is 2.37. The zero-order valence-corrected chi connectivity index (χ0v) is 13.8. The van der Waals surface area contributed by atoms with Crippen molar-refractivity contribution < 1.29 is 9.18 Å². The molecule has 1 saturated heterocycles. The predicted molar refractivity (Wildman–Crippen MR) is 90.5 cm³/mol. The number of carbonyl (C=O) groups is 1. The van der Waals surface area contributed by atoms with Crippen LogP contribution in [-0.4, -0.2) is 23.9 Å². The number of benzene rings is 2. The summed E-state index contributed by atoms with van der Waals surface area (Å²) < 4.78 is 15.2. The molecule has 0 aliphatic carbocycles. The van der Waals surface area contributed by atoms with Gasteiger partial charge in [0.15, 0.2) is 0 Å². The number of amides is 1. The molecular weight excluding hydrogens is 327 g/mol. The average Bonchev–Trinajstić information content (AvgIpc) is 2.62. The maximum Gasteiger partial charge on any atom is 0.253 e. The van der Waals surface area contributed by atoms with Gasteiger partial charge in [-0.05, 0) is 35.9 Å². The Morgan fingerprint density at radius 3 is 2.46 bits per heavy atom. The quantitative estimate of drug-likeness (QED) is 0.816. The number of rotatable bonds is 2. The van der Waals surface area contributed by atoms with Gasteiger partial charge in [0.2, 0.25) is 0 Å². The van der Waals surface area contributed by atoms with Crippen molar-refractivity contribution in [1.29, 1.82) is 5.26 Å². The van der Waals surface area contributed by atoms with Gasteiger partial charge in [-0.2, -0.15) is 5.26 Å². The molecule has 24 heavy (non-hydrogen) atoms. The molecule has 0 bridgehead atoms. The summed E-state index contributed by atoms with van der Waals surface area (Å²) in [7, 11) is 0. The maximum absolute atomic E-state index is 15.2. The number of nitriles is 1. The highest BCUT2D eigenvalue weighted by atomic mass is 35.5. The first-order chi connectivity index (χ1) is 11.5. The van der Waals surface area contributed by atoms with Crippen molar-refractivity contribution in [2.24, 2.45) is 0 Å². The van der Waals surface area contributed by atoms with Crippen LogP contribution in [0.1, 0.15) is 34.3 Å². The number of piperidine rings is 1. The number of likely N-dealkylation sites (tertiary alicyclic amines) is 1. The van der Waals surface area contributed by atoms with Crippen molar-refractivity contribution in [3.8, 4) is 6.07 Å². The fourth-order valence-electron chi connectivity index (χ4n) is 3.01. The van der Waals surface area contributed by atoms with Gasteiger partial charge in [0.05, 0.1) is 11.6 Å². The van der Waals surface area contributed by atoms with Crippen LogP contribution < -0.4 is 0 Å². The van der Waals surface area contributed by atoms with E-state index in [1.54, 1.807) is 53.4 Å². The Labute approximate surface area is 145 Å². The Balaban J connectivity index is 1.71. The van der Waals surface area contributed by atoms with Crippen LogP contribution in [0.3, 0.4) is 0 Å². The minimum Gasteiger partial charge on any atom is -0.338 e. The van der Waals surface area contributed by atoms with Gasteiger partial charge in [-0.15, -0.1) is 0 Å². The van der Waals surface area contributed by atoms with Crippen LogP contribution in [-0.2, 0) is 5.67 Å². The van der Waals surface area contributed by atoms with Gasteiger partial charge in [-0.1, -0.05) is 29.8 Å². The number of halogens is 2. The molecule has 0 aromatic heterocycles. The SMILES string of the molecule is N#Cc1cccc(C(=O)N2CCC(F)(c3ccc(Cl)cc3)CC2)c1. The van der Waals surface area contributed by atoms with Gasteiger partial charge in [0.25, 0.3) is 5.91 Å². The van der Waals surface area contributed by atoms with E-state index in [4.69, 9.17) is 16.9 Å². The number of hydrogen-bond donors (Lipinski definition) is 0. The van der Waals surface area contributed by atoms with E-state index < -0.39 is 5.67 Å². The fraction of sp³-hybridized carbons (Fsp3) is 0.263. The highest BCUT2D eigenvalue weighted by molar-refractivity contribution is 6.30. The molecule has 0 N–H and O–H groups in total. The van der Waals surface area contributed by atoms with E-state index in [0.29, 0.717) is 34.8 Å². The highest BCUT2D eigenvalue weighted by Gasteiger charge is 2.37. The second-order valence-corrected chi connectivity index (χ2v) is 6.39. The molecule has 0 unspecified atom stereocenters. The monoisotopic (exact) mass is 342 g/mol. The van der Waals surface area contributed by atoms with Gasteiger partial charge >= 0.3 is 0 Å². The van der Waals surface area contributed by atoms with Gasteiger partial charge < -0.3 is 4.90 Å². The molecular formula is C19H16ClFN2O. The number of nitrogens with zero attached hydrogens (tertiary/aromatic N) is 2. The summed E-state index contributed by atoms with van der Waals surface area (Å²) in [5.74, 6) is -0.162. The Morgan fingerprint density at radius 2 is 1.83 bits per heavy atom. The Kier molecular flexibility index (Phi) is 4.55. The second kappa shape index (κ2) is 6.62. The summed E-state index contributed by atoms with van der Waals surface area (Å²) in [5, 5.41) is 9.51. The van der Waals surface area contributed by atoms with E-state index in [1.807, 2.05) is 6.07 Å². The molecule has 2 aromatic carbocycles. The van der Waals surface area contributed by atoms with Crippen molar-refractivity contribution in [3.05, 3.63) is 70.2 Å². The first kappa shape index (κ1) is 16.5. The smallest absolute Gasteiger partial charge is 0.253 e. The molecule has 0 atom stereocenters.